The van der Waals surface area contributed by atoms with E-state index < -0.39 is 29.2 Å². The van der Waals surface area contributed by atoms with E-state index in [0.717, 1.165) is 6.07 Å². The number of rotatable bonds is 2. The molecule has 102 valence electrons. The van der Waals surface area contributed by atoms with Gasteiger partial charge in [0.2, 0.25) is 0 Å². The van der Waals surface area contributed by atoms with Gasteiger partial charge in [-0.15, -0.1) is 0 Å². The summed E-state index contributed by atoms with van der Waals surface area (Å²) in [6, 6.07) is 4.49. The highest BCUT2D eigenvalue weighted by molar-refractivity contribution is 9.10. The van der Waals surface area contributed by atoms with Crippen molar-refractivity contribution in [2.24, 2.45) is 0 Å². The average Bonchev–Trinajstić information content (AvgIpc) is 2.83. The lowest BCUT2D eigenvalue weighted by Gasteiger charge is -2.15. The van der Waals surface area contributed by atoms with Crippen LogP contribution in [0.4, 0.5) is 17.6 Å². The lowest BCUT2D eigenvalue weighted by molar-refractivity contribution is -0.140. The van der Waals surface area contributed by atoms with E-state index in [1.165, 1.54) is 18.4 Å². The highest BCUT2D eigenvalue weighted by Gasteiger charge is 2.36. The van der Waals surface area contributed by atoms with Crippen LogP contribution in [0.15, 0.2) is 39.4 Å². The molecular weight excluding hydrogens is 332 g/mol. The molecule has 2 rings (SSSR count). The molecule has 0 radical (unpaired) electrons. The molecule has 1 aromatic heterocycles. The van der Waals surface area contributed by atoms with E-state index in [1.807, 2.05) is 0 Å². The lowest BCUT2D eigenvalue weighted by Crippen LogP contribution is -2.12. The molecule has 7 heteroatoms. The fraction of sp³-hybridized carbons (Fsp3) is 0.167. The molecule has 0 aliphatic carbocycles. The van der Waals surface area contributed by atoms with Gasteiger partial charge < -0.3 is 9.52 Å². The van der Waals surface area contributed by atoms with E-state index in [4.69, 9.17) is 4.42 Å². The molecule has 1 heterocycles. The standard InChI is InChI=1S/C12H7BrF4O2/c13-6-4-7(11(18)9-2-1-3-19-9)10(14)8(5-6)12(15,16)17/h1-5,11,18H. The number of furan rings is 1. The molecule has 0 saturated heterocycles. The van der Waals surface area contributed by atoms with E-state index >= 15 is 0 Å². The van der Waals surface area contributed by atoms with Gasteiger partial charge in [0.25, 0.3) is 0 Å². The van der Waals surface area contributed by atoms with Crippen molar-refractivity contribution in [2.75, 3.05) is 0 Å². The van der Waals surface area contributed by atoms with Crippen LogP contribution in [0.1, 0.15) is 23.0 Å². The van der Waals surface area contributed by atoms with Crippen LogP contribution < -0.4 is 0 Å². The first kappa shape index (κ1) is 14.1. The number of halogens is 5. The van der Waals surface area contributed by atoms with Crippen LogP contribution in [-0.4, -0.2) is 5.11 Å². The highest BCUT2D eigenvalue weighted by Crippen LogP contribution is 2.37. The van der Waals surface area contributed by atoms with Gasteiger partial charge in [0, 0.05) is 10.0 Å². The third kappa shape index (κ3) is 2.82. The Balaban J connectivity index is 2.55. The zero-order chi connectivity index (χ0) is 14.2. The molecule has 1 unspecified atom stereocenters. The Kier molecular flexibility index (Phi) is 3.69. The molecule has 1 aromatic carbocycles. The molecular formula is C12H7BrF4O2. The molecule has 0 bridgehead atoms. The second-order valence-corrected chi connectivity index (χ2v) is 4.69. The van der Waals surface area contributed by atoms with Gasteiger partial charge in [-0.2, -0.15) is 13.2 Å². The molecule has 1 N–H and O–H groups in total. The summed E-state index contributed by atoms with van der Waals surface area (Å²) in [6.07, 6.45) is -5.21. The van der Waals surface area contributed by atoms with Crippen LogP contribution in [0.5, 0.6) is 0 Å². The van der Waals surface area contributed by atoms with E-state index in [0.29, 0.717) is 6.07 Å². The number of alkyl halides is 3. The molecule has 0 aliphatic rings. The second kappa shape index (κ2) is 4.97. The second-order valence-electron chi connectivity index (χ2n) is 3.77. The monoisotopic (exact) mass is 338 g/mol. The molecule has 2 aromatic rings. The summed E-state index contributed by atoms with van der Waals surface area (Å²) in [5.41, 5.74) is -1.95. The van der Waals surface area contributed by atoms with Gasteiger partial charge in [-0.1, -0.05) is 15.9 Å². The van der Waals surface area contributed by atoms with Crippen LogP contribution in [0.2, 0.25) is 0 Å². The van der Waals surface area contributed by atoms with Crippen LogP contribution in [0, 0.1) is 5.82 Å². The summed E-state index contributed by atoms with van der Waals surface area (Å²) in [7, 11) is 0. The van der Waals surface area contributed by atoms with Crippen molar-refractivity contribution in [1.29, 1.82) is 0 Å². The van der Waals surface area contributed by atoms with Crippen LogP contribution in [-0.2, 0) is 6.18 Å². The molecule has 0 amide bonds. The minimum atomic E-state index is -4.84. The Hall–Kier alpha value is -1.34. The molecule has 0 fully saturated rings. The summed E-state index contributed by atoms with van der Waals surface area (Å²) < 4.78 is 56.7. The smallest absolute Gasteiger partial charge is 0.419 e. The first-order valence-electron chi connectivity index (χ1n) is 5.08. The van der Waals surface area contributed by atoms with Crippen molar-refractivity contribution in [3.8, 4) is 0 Å². The minimum Gasteiger partial charge on any atom is -0.466 e. The van der Waals surface area contributed by atoms with Crippen molar-refractivity contribution in [3.05, 3.63) is 57.7 Å². The molecule has 1 atom stereocenters. The third-order valence-corrected chi connectivity index (χ3v) is 2.94. The highest BCUT2D eigenvalue weighted by atomic mass is 79.9. The fourth-order valence-electron chi connectivity index (χ4n) is 1.62. The van der Waals surface area contributed by atoms with E-state index in [-0.39, 0.29) is 10.2 Å². The Morgan fingerprint density at radius 3 is 2.47 bits per heavy atom. The molecule has 19 heavy (non-hydrogen) atoms. The number of aliphatic hydroxyl groups excluding tert-OH is 1. The van der Waals surface area contributed by atoms with Crippen molar-refractivity contribution in [2.45, 2.75) is 12.3 Å². The maximum atomic E-state index is 13.8. The SMILES string of the molecule is OC(c1ccco1)c1cc(Br)cc(C(F)(F)F)c1F. The van der Waals surface area contributed by atoms with Gasteiger partial charge in [0.1, 0.15) is 17.7 Å². The number of benzene rings is 1. The summed E-state index contributed by atoms with van der Waals surface area (Å²) in [5, 5.41) is 9.85. The van der Waals surface area contributed by atoms with Gasteiger partial charge in [-0.05, 0) is 24.3 Å². The largest absolute Gasteiger partial charge is 0.466 e. The van der Waals surface area contributed by atoms with Crippen molar-refractivity contribution in [1.82, 2.24) is 0 Å². The van der Waals surface area contributed by atoms with Crippen molar-refractivity contribution in [3.63, 3.8) is 0 Å². The van der Waals surface area contributed by atoms with Crippen LogP contribution >= 0.6 is 15.9 Å². The van der Waals surface area contributed by atoms with Crippen molar-refractivity contribution < 1.29 is 27.1 Å². The molecule has 0 saturated carbocycles. The van der Waals surface area contributed by atoms with Crippen LogP contribution in [0.3, 0.4) is 0 Å². The van der Waals surface area contributed by atoms with E-state index in [2.05, 4.69) is 15.9 Å². The molecule has 0 spiro atoms. The Bertz CT molecular complexity index is 578. The lowest BCUT2D eigenvalue weighted by atomic mass is 10.0. The predicted molar refractivity (Wildman–Crippen MR) is 61.9 cm³/mol. The van der Waals surface area contributed by atoms with E-state index in [9.17, 15) is 22.7 Å². The Morgan fingerprint density at radius 1 is 1.26 bits per heavy atom. The van der Waals surface area contributed by atoms with Crippen molar-refractivity contribution >= 4 is 15.9 Å². The van der Waals surface area contributed by atoms with Gasteiger partial charge in [-0.3, -0.25) is 0 Å². The van der Waals surface area contributed by atoms with Gasteiger partial charge in [-0.25, -0.2) is 4.39 Å². The van der Waals surface area contributed by atoms with Gasteiger partial charge in [0.05, 0.1) is 11.8 Å². The minimum absolute atomic E-state index is 0.0156. The van der Waals surface area contributed by atoms with E-state index in [1.54, 1.807) is 0 Å². The Morgan fingerprint density at radius 2 is 1.95 bits per heavy atom. The quantitative estimate of drug-likeness (QED) is 0.829. The predicted octanol–water partition coefficient (Wildman–Crippen LogP) is 4.28. The van der Waals surface area contributed by atoms with Gasteiger partial charge >= 0.3 is 6.18 Å². The third-order valence-electron chi connectivity index (χ3n) is 2.48. The normalized spacial score (nSPS) is 13.6. The molecule has 2 nitrogen and oxygen atoms in total. The summed E-state index contributed by atoms with van der Waals surface area (Å²) >= 11 is 2.86. The Labute approximate surface area is 113 Å². The average molecular weight is 339 g/mol. The number of hydrogen-bond acceptors (Lipinski definition) is 2. The maximum absolute atomic E-state index is 13.8. The zero-order valence-electron chi connectivity index (χ0n) is 9.21. The molecule has 0 aliphatic heterocycles. The summed E-state index contributed by atoms with van der Waals surface area (Å²) in [6.45, 7) is 0. The first-order valence-corrected chi connectivity index (χ1v) is 5.87. The fourth-order valence-corrected chi connectivity index (χ4v) is 2.09. The number of hydrogen-bond donors (Lipinski definition) is 1. The first-order chi connectivity index (χ1) is 8.80. The summed E-state index contributed by atoms with van der Waals surface area (Å²) in [5.74, 6) is -1.55. The van der Waals surface area contributed by atoms with Crippen LogP contribution in [0.25, 0.3) is 0 Å². The maximum Gasteiger partial charge on any atom is 0.419 e. The number of aliphatic hydroxyl groups is 1. The topological polar surface area (TPSA) is 33.4 Å². The zero-order valence-corrected chi connectivity index (χ0v) is 10.8. The summed E-state index contributed by atoms with van der Waals surface area (Å²) in [4.78, 5) is 0. The van der Waals surface area contributed by atoms with Gasteiger partial charge in [0.15, 0.2) is 0 Å².